The van der Waals surface area contributed by atoms with Gasteiger partial charge in [-0.1, -0.05) is 0 Å². The van der Waals surface area contributed by atoms with Crippen LogP contribution in [0.3, 0.4) is 0 Å². The van der Waals surface area contributed by atoms with Gasteiger partial charge >= 0.3 is 6.18 Å². The van der Waals surface area contributed by atoms with Crippen LogP contribution in [-0.4, -0.2) is 56.4 Å². The average Bonchev–Trinajstić information content (AvgIpc) is 2.85. The van der Waals surface area contributed by atoms with Crippen LogP contribution in [-0.2, 0) is 9.53 Å². The van der Waals surface area contributed by atoms with Gasteiger partial charge in [0.2, 0.25) is 5.91 Å². The molecule has 2 rings (SSSR count). The number of rotatable bonds is 2. The number of likely N-dealkylation sites (tertiary alicyclic amines) is 1. The number of carbonyl (C=O) groups excluding carboxylic acids is 1. The zero-order chi connectivity index (χ0) is 14.0. The summed E-state index contributed by atoms with van der Waals surface area (Å²) in [5, 5.41) is 2.98. The highest BCUT2D eigenvalue weighted by atomic mass is 19.4. The summed E-state index contributed by atoms with van der Waals surface area (Å²) in [6, 6.07) is -0.0984. The molecule has 0 bridgehead atoms. The lowest BCUT2D eigenvalue weighted by molar-refractivity contribution is -0.188. The van der Waals surface area contributed by atoms with E-state index in [1.165, 1.54) is 4.90 Å². The molecule has 3 unspecified atom stereocenters. The van der Waals surface area contributed by atoms with Crippen molar-refractivity contribution in [2.75, 3.05) is 33.4 Å². The first kappa shape index (κ1) is 14.6. The van der Waals surface area contributed by atoms with Crippen LogP contribution < -0.4 is 5.32 Å². The lowest BCUT2D eigenvalue weighted by Crippen LogP contribution is -2.50. The van der Waals surface area contributed by atoms with Gasteiger partial charge in [-0.05, 0) is 19.9 Å². The molecule has 2 fully saturated rings. The van der Waals surface area contributed by atoms with E-state index in [1.54, 1.807) is 7.05 Å². The van der Waals surface area contributed by atoms with Gasteiger partial charge < -0.3 is 15.0 Å². The third kappa shape index (κ3) is 3.20. The van der Waals surface area contributed by atoms with E-state index in [4.69, 9.17) is 4.74 Å². The van der Waals surface area contributed by atoms with Crippen molar-refractivity contribution in [3.63, 3.8) is 0 Å². The van der Waals surface area contributed by atoms with Crippen LogP contribution in [0.1, 0.15) is 12.8 Å². The van der Waals surface area contributed by atoms with Crippen molar-refractivity contribution in [2.24, 2.45) is 11.8 Å². The molecule has 110 valence electrons. The molecular weight excluding hydrogens is 261 g/mol. The van der Waals surface area contributed by atoms with Gasteiger partial charge in [-0.25, -0.2) is 0 Å². The van der Waals surface area contributed by atoms with Gasteiger partial charge in [0.1, 0.15) is 0 Å². The number of halogens is 3. The Morgan fingerprint density at radius 3 is 2.74 bits per heavy atom. The van der Waals surface area contributed by atoms with Gasteiger partial charge in [-0.3, -0.25) is 4.79 Å². The zero-order valence-corrected chi connectivity index (χ0v) is 10.9. The largest absolute Gasteiger partial charge is 0.393 e. The number of nitrogens with zero attached hydrogens (tertiary/aromatic N) is 1. The number of amides is 1. The summed E-state index contributed by atoms with van der Waals surface area (Å²) in [5.74, 6) is -1.97. The molecule has 0 radical (unpaired) electrons. The molecule has 19 heavy (non-hydrogen) atoms. The second-order valence-electron chi connectivity index (χ2n) is 5.20. The lowest BCUT2D eigenvalue weighted by Gasteiger charge is -2.35. The van der Waals surface area contributed by atoms with Crippen molar-refractivity contribution in [1.82, 2.24) is 10.2 Å². The molecule has 1 amide bonds. The van der Waals surface area contributed by atoms with E-state index in [-0.39, 0.29) is 37.4 Å². The minimum absolute atomic E-state index is 0.0984. The molecule has 4 nitrogen and oxygen atoms in total. The van der Waals surface area contributed by atoms with E-state index in [2.05, 4.69) is 5.32 Å². The second kappa shape index (κ2) is 5.66. The minimum atomic E-state index is -4.21. The monoisotopic (exact) mass is 280 g/mol. The lowest BCUT2D eigenvalue weighted by atomic mass is 9.95. The first-order valence-electron chi connectivity index (χ1n) is 6.54. The Bertz CT molecular complexity index is 335. The number of alkyl halides is 3. The summed E-state index contributed by atoms with van der Waals surface area (Å²) in [4.78, 5) is 13.6. The number of likely N-dealkylation sites (N-methyl/N-ethyl adjacent to an activating group) is 1. The summed E-state index contributed by atoms with van der Waals surface area (Å²) in [5.41, 5.74) is 0. The molecule has 0 aromatic rings. The molecule has 3 atom stereocenters. The SMILES string of the molecule is CNC1COCC1C(=O)N1CCCC(C(F)(F)F)C1. The van der Waals surface area contributed by atoms with Gasteiger partial charge in [0.05, 0.1) is 25.0 Å². The molecule has 1 N–H and O–H groups in total. The summed E-state index contributed by atoms with van der Waals surface area (Å²) in [7, 11) is 1.73. The smallest absolute Gasteiger partial charge is 0.379 e. The first-order chi connectivity index (χ1) is 8.93. The van der Waals surface area contributed by atoms with E-state index >= 15 is 0 Å². The Kier molecular flexibility index (Phi) is 4.35. The van der Waals surface area contributed by atoms with Gasteiger partial charge in [0.15, 0.2) is 0 Å². The van der Waals surface area contributed by atoms with Gasteiger partial charge in [0.25, 0.3) is 0 Å². The molecule has 2 saturated heterocycles. The van der Waals surface area contributed by atoms with E-state index in [9.17, 15) is 18.0 Å². The van der Waals surface area contributed by atoms with Crippen molar-refractivity contribution in [3.8, 4) is 0 Å². The highest BCUT2D eigenvalue weighted by Crippen LogP contribution is 2.33. The summed E-state index contributed by atoms with van der Waals surface area (Å²) < 4.78 is 43.4. The molecular formula is C12H19F3N2O2. The van der Waals surface area contributed by atoms with Gasteiger partial charge in [0, 0.05) is 19.1 Å². The second-order valence-corrected chi connectivity index (χ2v) is 5.20. The average molecular weight is 280 g/mol. The quantitative estimate of drug-likeness (QED) is 0.821. The third-order valence-corrected chi connectivity index (χ3v) is 3.96. The molecule has 2 aliphatic rings. The van der Waals surface area contributed by atoms with Crippen molar-refractivity contribution in [1.29, 1.82) is 0 Å². The number of hydrogen-bond acceptors (Lipinski definition) is 3. The normalized spacial score (nSPS) is 32.6. The Labute approximate surface area is 110 Å². The van der Waals surface area contributed by atoms with E-state index < -0.39 is 12.1 Å². The van der Waals surface area contributed by atoms with Crippen molar-refractivity contribution < 1.29 is 22.7 Å². The summed E-state index contributed by atoms with van der Waals surface area (Å²) >= 11 is 0. The van der Waals surface area contributed by atoms with Crippen LogP contribution in [0.4, 0.5) is 13.2 Å². The van der Waals surface area contributed by atoms with Crippen LogP contribution in [0.5, 0.6) is 0 Å². The van der Waals surface area contributed by atoms with Gasteiger partial charge in [-0.15, -0.1) is 0 Å². The molecule has 0 saturated carbocycles. The van der Waals surface area contributed by atoms with Crippen molar-refractivity contribution >= 4 is 5.91 Å². The predicted octanol–water partition coefficient (Wildman–Crippen LogP) is 1.02. The molecule has 7 heteroatoms. The van der Waals surface area contributed by atoms with Crippen molar-refractivity contribution in [2.45, 2.75) is 25.1 Å². The fraction of sp³-hybridized carbons (Fsp3) is 0.917. The van der Waals surface area contributed by atoms with Crippen LogP contribution in [0.25, 0.3) is 0 Å². The van der Waals surface area contributed by atoms with E-state index in [1.807, 2.05) is 0 Å². The van der Waals surface area contributed by atoms with Gasteiger partial charge in [-0.2, -0.15) is 13.2 Å². The number of hydrogen-bond donors (Lipinski definition) is 1. The summed E-state index contributed by atoms with van der Waals surface area (Å²) in [6.07, 6.45) is -3.69. The van der Waals surface area contributed by atoms with Crippen LogP contribution in [0, 0.1) is 11.8 Å². The maximum absolute atomic E-state index is 12.7. The molecule has 0 aromatic heterocycles. The molecule has 2 heterocycles. The molecule has 0 aliphatic carbocycles. The predicted molar refractivity (Wildman–Crippen MR) is 62.5 cm³/mol. The number of piperidine rings is 1. The number of nitrogens with one attached hydrogen (secondary N) is 1. The maximum Gasteiger partial charge on any atom is 0.393 e. The Morgan fingerprint density at radius 1 is 1.37 bits per heavy atom. The molecule has 0 aromatic carbocycles. The fourth-order valence-corrected chi connectivity index (χ4v) is 2.76. The number of ether oxygens (including phenoxy) is 1. The fourth-order valence-electron chi connectivity index (χ4n) is 2.76. The third-order valence-electron chi connectivity index (χ3n) is 3.96. The molecule has 0 spiro atoms. The topological polar surface area (TPSA) is 41.6 Å². The highest BCUT2D eigenvalue weighted by molar-refractivity contribution is 5.80. The van der Waals surface area contributed by atoms with Crippen LogP contribution in [0.2, 0.25) is 0 Å². The Hall–Kier alpha value is -0.820. The van der Waals surface area contributed by atoms with Crippen LogP contribution >= 0.6 is 0 Å². The Morgan fingerprint density at radius 2 is 2.11 bits per heavy atom. The minimum Gasteiger partial charge on any atom is -0.379 e. The van der Waals surface area contributed by atoms with Crippen LogP contribution in [0.15, 0.2) is 0 Å². The number of carbonyl (C=O) groups is 1. The standard InChI is InChI=1S/C12H19F3N2O2/c1-16-10-7-19-6-9(10)11(18)17-4-2-3-8(5-17)12(13,14)15/h8-10,16H,2-7H2,1H3. The first-order valence-corrected chi connectivity index (χ1v) is 6.54. The highest BCUT2D eigenvalue weighted by Gasteiger charge is 2.44. The van der Waals surface area contributed by atoms with Crippen molar-refractivity contribution in [3.05, 3.63) is 0 Å². The zero-order valence-electron chi connectivity index (χ0n) is 10.9. The maximum atomic E-state index is 12.7. The molecule has 2 aliphatic heterocycles. The summed E-state index contributed by atoms with van der Waals surface area (Å²) in [6.45, 7) is 0.925. The Balaban J connectivity index is 1.99. The van der Waals surface area contributed by atoms with E-state index in [0.717, 1.165) is 0 Å². The van der Waals surface area contributed by atoms with E-state index in [0.29, 0.717) is 19.6 Å².